The third-order valence-electron chi connectivity index (χ3n) is 2.17. The molecule has 0 fully saturated rings. The Kier molecular flexibility index (Phi) is 2.96. The molecular weight excluding hydrogens is 220 g/mol. The summed E-state index contributed by atoms with van der Waals surface area (Å²) in [5.74, 6) is 0.131. The summed E-state index contributed by atoms with van der Waals surface area (Å²) in [7, 11) is 0. The highest BCUT2D eigenvalue weighted by Crippen LogP contribution is 2.13. The number of rotatable bonds is 2. The van der Waals surface area contributed by atoms with Crippen molar-refractivity contribution in [1.82, 2.24) is 0 Å². The van der Waals surface area contributed by atoms with Crippen molar-refractivity contribution in [3.63, 3.8) is 0 Å². The Labute approximate surface area is 97.1 Å². The average Bonchev–Trinajstić information content (AvgIpc) is 2.33. The van der Waals surface area contributed by atoms with Crippen LogP contribution in [-0.2, 0) is 0 Å². The van der Waals surface area contributed by atoms with Crippen molar-refractivity contribution >= 4 is 12.2 Å². The summed E-state index contributed by atoms with van der Waals surface area (Å²) >= 11 is 0. The van der Waals surface area contributed by atoms with Gasteiger partial charge in [0.05, 0.1) is 0 Å². The molecule has 4 nitrogen and oxygen atoms in total. The molecule has 2 aromatic rings. The van der Waals surface area contributed by atoms with E-state index in [1.54, 1.807) is 36.4 Å². The van der Waals surface area contributed by atoms with Gasteiger partial charge in [-0.15, -0.1) is 0 Å². The minimum Gasteiger partial charge on any atom is -0.508 e. The lowest BCUT2D eigenvalue weighted by Gasteiger charge is -1.95. The molecule has 0 amide bonds. The molecule has 0 aliphatic rings. The molecule has 0 saturated carbocycles. The van der Waals surface area contributed by atoms with Gasteiger partial charge >= 0.3 is 0 Å². The fourth-order valence-electron chi connectivity index (χ4n) is 1.27. The summed E-state index contributed by atoms with van der Waals surface area (Å²) < 4.78 is 5.00. The summed E-state index contributed by atoms with van der Waals surface area (Å²) in [5.41, 5.74) is 0.375. The summed E-state index contributed by atoms with van der Waals surface area (Å²) in [6.07, 6.45) is 4.33. The lowest BCUT2D eigenvalue weighted by molar-refractivity contribution is 0.427. The first-order chi connectivity index (χ1) is 8.15. The Morgan fingerprint density at radius 3 is 2.41 bits per heavy atom. The topological polar surface area (TPSA) is 70.7 Å². The third-order valence-corrected chi connectivity index (χ3v) is 2.17. The van der Waals surface area contributed by atoms with Crippen LogP contribution in [0.15, 0.2) is 45.8 Å². The van der Waals surface area contributed by atoms with Crippen molar-refractivity contribution < 1.29 is 14.6 Å². The van der Waals surface area contributed by atoms with Gasteiger partial charge < -0.3 is 14.6 Å². The van der Waals surface area contributed by atoms with Crippen LogP contribution in [0.4, 0.5) is 0 Å². The van der Waals surface area contributed by atoms with Gasteiger partial charge in [-0.2, -0.15) is 0 Å². The van der Waals surface area contributed by atoms with Gasteiger partial charge in [-0.05, 0) is 23.8 Å². The first kappa shape index (κ1) is 11.0. The van der Waals surface area contributed by atoms with Crippen molar-refractivity contribution in [1.29, 1.82) is 0 Å². The highest BCUT2D eigenvalue weighted by molar-refractivity contribution is 5.67. The second-order valence-electron chi connectivity index (χ2n) is 3.46. The highest BCUT2D eigenvalue weighted by atomic mass is 16.3. The number of benzene rings is 1. The fraction of sp³-hybridized carbons (Fsp3) is 0. The van der Waals surface area contributed by atoms with Crippen LogP contribution in [0.1, 0.15) is 11.3 Å². The predicted molar refractivity (Wildman–Crippen MR) is 63.7 cm³/mol. The first-order valence-corrected chi connectivity index (χ1v) is 4.94. The predicted octanol–water partition coefficient (Wildman–Crippen LogP) is 2.22. The van der Waals surface area contributed by atoms with Gasteiger partial charge in [0, 0.05) is 6.07 Å². The van der Waals surface area contributed by atoms with Crippen LogP contribution in [0.3, 0.4) is 0 Å². The molecule has 86 valence electrons. The molecule has 2 N–H and O–H groups in total. The molecule has 0 bridgehead atoms. The van der Waals surface area contributed by atoms with Crippen molar-refractivity contribution in [3.8, 4) is 11.5 Å². The third kappa shape index (κ3) is 2.75. The van der Waals surface area contributed by atoms with Gasteiger partial charge in [0.2, 0.25) is 5.43 Å². The standard InChI is InChI=1S/C13H10O4/c14-10-4-1-9(2-5-10)3-6-11-7-12(15)13(16)8-17-11/h1-8,14,16H/b6-3+. The van der Waals surface area contributed by atoms with E-state index in [0.29, 0.717) is 5.76 Å². The van der Waals surface area contributed by atoms with Crippen LogP contribution in [0.5, 0.6) is 11.5 Å². The zero-order valence-corrected chi connectivity index (χ0v) is 8.83. The normalized spacial score (nSPS) is 10.8. The summed E-state index contributed by atoms with van der Waals surface area (Å²) in [4.78, 5) is 11.1. The maximum atomic E-state index is 11.1. The average molecular weight is 230 g/mol. The van der Waals surface area contributed by atoms with E-state index in [0.717, 1.165) is 11.8 Å². The molecule has 1 aromatic carbocycles. The van der Waals surface area contributed by atoms with Gasteiger partial charge in [0.1, 0.15) is 17.8 Å². The monoisotopic (exact) mass is 230 g/mol. The highest BCUT2D eigenvalue weighted by Gasteiger charge is 1.98. The molecule has 2 rings (SSSR count). The quantitative estimate of drug-likeness (QED) is 0.829. The van der Waals surface area contributed by atoms with E-state index in [-0.39, 0.29) is 5.75 Å². The van der Waals surface area contributed by atoms with E-state index in [1.165, 1.54) is 6.07 Å². The van der Waals surface area contributed by atoms with Gasteiger partial charge in [0.25, 0.3) is 0 Å². The van der Waals surface area contributed by atoms with E-state index >= 15 is 0 Å². The van der Waals surface area contributed by atoms with Crippen LogP contribution in [0.25, 0.3) is 12.2 Å². The summed E-state index contributed by atoms with van der Waals surface area (Å²) in [6.45, 7) is 0. The number of phenols is 1. The molecule has 0 radical (unpaired) electrons. The molecule has 17 heavy (non-hydrogen) atoms. The fourth-order valence-corrected chi connectivity index (χ4v) is 1.27. The Bertz CT molecular complexity index is 594. The second-order valence-corrected chi connectivity index (χ2v) is 3.46. The Morgan fingerprint density at radius 1 is 1.06 bits per heavy atom. The molecule has 0 atom stereocenters. The molecule has 0 spiro atoms. The molecular formula is C13H10O4. The lowest BCUT2D eigenvalue weighted by atomic mass is 10.2. The van der Waals surface area contributed by atoms with E-state index < -0.39 is 11.2 Å². The molecule has 1 heterocycles. The number of aromatic hydroxyl groups is 2. The smallest absolute Gasteiger partial charge is 0.227 e. The van der Waals surface area contributed by atoms with Crippen LogP contribution in [-0.4, -0.2) is 10.2 Å². The lowest BCUT2D eigenvalue weighted by Crippen LogP contribution is -1.97. The van der Waals surface area contributed by atoms with E-state index in [1.807, 2.05) is 0 Å². The van der Waals surface area contributed by atoms with Crippen LogP contribution in [0, 0.1) is 0 Å². The Balaban J connectivity index is 2.23. The molecule has 1 aromatic heterocycles. The summed E-state index contributed by atoms with van der Waals surface area (Å²) in [6, 6.07) is 7.78. The minimum atomic E-state index is -0.485. The molecule has 0 unspecified atom stereocenters. The van der Waals surface area contributed by atoms with E-state index in [2.05, 4.69) is 0 Å². The zero-order valence-electron chi connectivity index (χ0n) is 8.83. The first-order valence-electron chi connectivity index (χ1n) is 4.94. The van der Waals surface area contributed by atoms with Crippen molar-refractivity contribution in [2.75, 3.05) is 0 Å². The molecule has 0 aliphatic heterocycles. The molecule has 4 heteroatoms. The van der Waals surface area contributed by atoms with Crippen LogP contribution < -0.4 is 5.43 Å². The van der Waals surface area contributed by atoms with Crippen LogP contribution in [0.2, 0.25) is 0 Å². The van der Waals surface area contributed by atoms with Crippen molar-refractivity contribution in [2.45, 2.75) is 0 Å². The SMILES string of the molecule is O=c1cc(/C=C/c2ccc(O)cc2)occ1O. The minimum absolute atomic E-state index is 0.193. The number of phenolic OH excluding ortho intramolecular Hbond substituents is 1. The van der Waals surface area contributed by atoms with E-state index in [4.69, 9.17) is 14.6 Å². The zero-order chi connectivity index (χ0) is 12.3. The van der Waals surface area contributed by atoms with Crippen molar-refractivity contribution in [3.05, 3.63) is 58.1 Å². The van der Waals surface area contributed by atoms with Crippen LogP contribution >= 0.6 is 0 Å². The molecule has 0 aliphatic carbocycles. The second kappa shape index (κ2) is 4.57. The van der Waals surface area contributed by atoms with Gasteiger partial charge in [-0.1, -0.05) is 18.2 Å². The Morgan fingerprint density at radius 2 is 1.76 bits per heavy atom. The summed E-state index contributed by atoms with van der Waals surface area (Å²) in [5, 5.41) is 18.1. The van der Waals surface area contributed by atoms with E-state index in [9.17, 15) is 4.79 Å². The number of hydrogen-bond donors (Lipinski definition) is 2. The Hall–Kier alpha value is -2.49. The van der Waals surface area contributed by atoms with Gasteiger partial charge in [0.15, 0.2) is 5.75 Å². The van der Waals surface area contributed by atoms with Gasteiger partial charge in [-0.25, -0.2) is 0 Å². The van der Waals surface area contributed by atoms with Gasteiger partial charge in [-0.3, -0.25) is 4.79 Å². The van der Waals surface area contributed by atoms with Crippen molar-refractivity contribution in [2.24, 2.45) is 0 Å². The largest absolute Gasteiger partial charge is 0.508 e. The maximum absolute atomic E-state index is 11.1. The maximum Gasteiger partial charge on any atom is 0.227 e. The molecule has 0 saturated heterocycles. The number of hydrogen-bond acceptors (Lipinski definition) is 4.